The van der Waals surface area contributed by atoms with Crippen molar-refractivity contribution in [2.24, 2.45) is 5.92 Å². The smallest absolute Gasteiger partial charge is 0.194 e. The van der Waals surface area contributed by atoms with Crippen LogP contribution in [-0.4, -0.2) is 24.1 Å². The molecule has 0 aliphatic heterocycles. The minimum atomic E-state index is 0.0886. The molecule has 0 aliphatic rings. The molecule has 1 unspecified atom stereocenters. The third kappa shape index (κ3) is 3.91. The van der Waals surface area contributed by atoms with Crippen molar-refractivity contribution < 1.29 is 9.53 Å². The van der Waals surface area contributed by atoms with E-state index in [2.05, 4.69) is 25.3 Å². The Kier molecular flexibility index (Phi) is 5.78. The van der Waals surface area contributed by atoms with Gasteiger partial charge >= 0.3 is 0 Å². The van der Waals surface area contributed by atoms with Crippen LogP contribution in [0, 0.1) is 19.8 Å². The van der Waals surface area contributed by atoms with Gasteiger partial charge in [0, 0.05) is 29.6 Å². The average Bonchev–Trinajstić information content (AvgIpc) is 2.81. The van der Waals surface area contributed by atoms with E-state index >= 15 is 0 Å². The van der Waals surface area contributed by atoms with Gasteiger partial charge in [0.25, 0.3) is 0 Å². The molecule has 2 rings (SSSR count). The van der Waals surface area contributed by atoms with E-state index in [0.717, 1.165) is 28.9 Å². The van der Waals surface area contributed by atoms with E-state index in [1.807, 2.05) is 43.3 Å². The number of carbonyl (C=O) groups excluding carboxylic acids is 1. The standard InChI is InChI=1S/C20H27NO2/c1-14(2)11-18(13-23-5)21-15(3)12-19(16(21)4)20(22)17-9-7-6-8-10-17/h6-10,12,14,18H,11,13H2,1-5H3. The number of rotatable bonds is 7. The van der Waals surface area contributed by atoms with Crippen LogP contribution < -0.4 is 0 Å². The fourth-order valence-corrected chi connectivity index (χ4v) is 3.30. The fourth-order valence-electron chi connectivity index (χ4n) is 3.30. The molecule has 1 atom stereocenters. The molecule has 0 N–H and O–H groups in total. The van der Waals surface area contributed by atoms with Crippen molar-refractivity contribution in [3.63, 3.8) is 0 Å². The predicted octanol–water partition coefficient (Wildman–Crippen LogP) is 4.57. The third-order valence-electron chi connectivity index (χ3n) is 4.23. The second-order valence-electron chi connectivity index (χ2n) is 6.59. The molecule has 0 fully saturated rings. The lowest BCUT2D eigenvalue weighted by atomic mass is 10.0. The average molecular weight is 313 g/mol. The first-order chi connectivity index (χ1) is 11.0. The van der Waals surface area contributed by atoms with Crippen molar-refractivity contribution in [3.05, 3.63) is 58.9 Å². The molecule has 0 saturated heterocycles. The first kappa shape index (κ1) is 17.5. The zero-order valence-corrected chi connectivity index (χ0v) is 14.8. The van der Waals surface area contributed by atoms with Crippen LogP contribution in [0.5, 0.6) is 0 Å². The van der Waals surface area contributed by atoms with Gasteiger partial charge in [-0.05, 0) is 32.3 Å². The number of aryl methyl sites for hydroxylation is 1. The second kappa shape index (κ2) is 7.60. The number of hydrogen-bond donors (Lipinski definition) is 0. The number of ketones is 1. The van der Waals surface area contributed by atoms with Gasteiger partial charge < -0.3 is 9.30 Å². The molecule has 0 bridgehead atoms. The Balaban J connectivity index is 2.40. The Hall–Kier alpha value is -1.87. The van der Waals surface area contributed by atoms with Gasteiger partial charge in [-0.25, -0.2) is 0 Å². The van der Waals surface area contributed by atoms with Gasteiger partial charge in [-0.2, -0.15) is 0 Å². The number of methoxy groups -OCH3 is 1. The van der Waals surface area contributed by atoms with Crippen LogP contribution in [0.1, 0.15) is 53.6 Å². The third-order valence-corrected chi connectivity index (χ3v) is 4.23. The van der Waals surface area contributed by atoms with Crippen LogP contribution >= 0.6 is 0 Å². The highest BCUT2D eigenvalue weighted by Gasteiger charge is 2.22. The number of aromatic nitrogens is 1. The first-order valence-electron chi connectivity index (χ1n) is 8.22. The predicted molar refractivity (Wildman–Crippen MR) is 94.1 cm³/mol. The monoisotopic (exact) mass is 313 g/mol. The lowest BCUT2D eigenvalue weighted by molar-refractivity contribution is 0.103. The van der Waals surface area contributed by atoms with Gasteiger partial charge in [-0.1, -0.05) is 44.2 Å². The van der Waals surface area contributed by atoms with E-state index in [9.17, 15) is 4.79 Å². The molecule has 0 amide bonds. The maximum atomic E-state index is 12.8. The van der Waals surface area contributed by atoms with Gasteiger partial charge in [-0.15, -0.1) is 0 Å². The minimum absolute atomic E-state index is 0.0886. The van der Waals surface area contributed by atoms with Crippen LogP contribution in [0.2, 0.25) is 0 Å². The highest BCUT2D eigenvalue weighted by molar-refractivity contribution is 6.09. The summed E-state index contributed by atoms with van der Waals surface area (Å²) >= 11 is 0. The molecule has 0 saturated carbocycles. The Labute approximate surface area is 139 Å². The highest BCUT2D eigenvalue weighted by Crippen LogP contribution is 2.27. The summed E-state index contributed by atoms with van der Waals surface area (Å²) in [7, 11) is 1.73. The largest absolute Gasteiger partial charge is 0.383 e. The van der Waals surface area contributed by atoms with E-state index in [1.165, 1.54) is 0 Å². The van der Waals surface area contributed by atoms with Gasteiger partial charge in [0.15, 0.2) is 5.78 Å². The van der Waals surface area contributed by atoms with Crippen molar-refractivity contribution in [1.82, 2.24) is 4.57 Å². The summed E-state index contributed by atoms with van der Waals surface area (Å²) in [6.45, 7) is 9.19. The van der Waals surface area contributed by atoms with Crippen molar-refractivity contribution in [3.8, 4) is 0 Å². The number of ether oxygens (including phenoxy) is 1. The van der Waals surface area contributed by atoms with Crippen molar-refractivity contribution in [2.75, 3.05) is 13.7 Å². The van der Waals surface area contributed by atoms with Crippen molar-refractivity contribution in [2.45, 2.75) is 40.2 Å². The fraction of sp³-hybridized carbons (Fsp3) is 0.450. The summed E-state index contributed by atoms with van der Waals surface area (Å²) in [5, 5.41) is 0. The van der Waals surface area contributed by atoms with Crippen LogP contribution in [0.4, 0.5) is 0 Å². The zero-order chi connectivity index (χ0) is 17.0. The zero-order valence-electron chi connectivity index (χ0n) is 14.8. The molecule has 3 nitrogen and oxygen atoms in total. The van der Waals surface area contributed by atoms with E-state index in [0.29, 0.717) is 12.5 Å². The highest BCUT2D eigenvalue weighted by atomic mass is 16.5. The summed E-state index contributed by atoms with van der Waals surface area (Å²) in [5.41, 5.74) is 3.67. The lowest BCUT2D eigenvalue weighted by Gasteiger charge is -2.24. The minimum Gasteiger partial charge on any atom is -0.383 e. The lowest BCUT2D eigenvalue weighted by Crippen LogP contribution is -2.19. The molecule has 0 radical (unpaired) electrons. The Morgan fingerprint density at radius 2 is 1.83 bits per heavy atom. The Morgan fingerprint density at radius 3 is 2.39 bits per heavy atom. The van der Waals surface area contributed by atoms with Gasteiger partial charge in [-0.3, -0.25) is 4.79 Å². The SMILES string of the molecule is COCC(CC(C)C)n1c(C)cc(C(=O)c2ccccc2)c1C. The summed E-state index contributed by atoms with van der Waals surface area (Å²) < 4.78 is 7.68. The van der Waals surface area contributed by atoms with Crippen molar-refractivity contribution >= 4 is 5.78 Å². The Bertz CT molecular complexity index is 656. The second-order valence-corrected chi connectivity index (χ2v) is 6.59. The van der Waals surface area contributed by atoms with E-state index in [-0.39, 0.29) is 11.8 Å². The molecule has 124 valence electrons. The molecule has 3 heteroatoms. The van der Waals surface area contributed by atoms with Crippen LogP contribution in [0.15, 0.2) is 36.4 Å². The summed E-state index contributed by atoms with van der Waals surface area (Å²) in [6.07, 6.45) is 1.03. The van der Waals surface area contributed by atoms with Crippen LogP contribution in [0.25, 0.3) is 0 Å². The van der Waals surface area contributed by atoms with Gasteiger partial charge in [0.1, 0.15) is 0 Å². The van der Waals surface area contributed by atoms with E-state index < -0.39 is 0 Å². The normalized spacial score (nSPS) is 12.6. The molecule has 1 aromatic heterocycles. The van der Waals surface area contributed by atoms with Gasteiger partial charge in [0.2, 0.25) is 0 Å². The molecular formula is C20H27NO2. The Morgan fingerprint density at radius 1 is 1.17 bits per heavy atom. The number of hydrogen-bond acceptors (Lipinski definition) is 2. The van der Waals surface area contributed by atoms with Gasteiger partial charge in [0.05, 0.1) is 12.6 Å². The quantitative estimate of drug-likeness (QED) is 0.701. The molecule has 0 spiro atoms. The van der Waals surface area contributed by atoms with Crippen LogP contribution in [-0.2, 0) is 4.74 Å². The number of carbonyl (C=O) groups is 1. The molecule has 1 heterocycles. The first-order valence-corrected chi connectivity index (χ1v) is 8.22. The number of nitrogens with zero attached hydrogens (tertiary/aromatic N) is 1. The maximum Gasteiger partial charge on any atom is 0.194 e. The number of benzene rings is 1. The summed E-state index contributed by atoms with van der Waals surface area (Å²) in [6, 6.07) is 11.7. The summed E-state index contributed by atoms with van der Waals surface area (Å²) in [4.78, 5) is 12.8. The van der Waals surface area contributed by atoms with Crippen LogP contribution in [0.3, 0.4) is 0 Å². The molecular weight excluding hydrogens is 286 g/mol. The van der Waals surface area contributed by atoms with Crippen molar-refractivity contribution in [1.29, 1.82) is 0 Å². The topological polar surface area (TPSA) is 31.2 Å². The summed E-state index contributed by atoms with van der Waals surface area (Å²) in [5.74, 6) is 0.662. The molecule has 23 heavy (non-hydrogen) atoms. The van der Waals surface area contributed by atoms with E-state index in [4.69, 9.17) is 4.74 Å². The molecule has 1 aromatic carbocycles. The molecule has 0 aliphatic carbocycles. The maximum absolute atomic E-state index is 12.8. The molecule has 2 aromatic rings. The van der Waals surface area contributed by atoms with E-state index in [1.54, 1.807) is 7.11 Å².